The van der Waals surface area contributed by atoms with Crippen LogP contribution in [0, 0.1) is 0 Å². The smallest absolute Gasteiger partial charge is 0.374 e. The zero-order valence-corrected chi connectivity index (χ0v) is 9.67. The normalized spacial score (nSPS) is 10.1. The monoisotopic (exact) mass is 228 g/mol. The average Bonchev–Trinajstić information content (AvgIpc) is 2.85. The van der Waals surface area contributed by atoms with Crippen molar-refractivity contribution in [2.75, 3.05) is 0 Å². The maximum absolute atomic E-state index is 11.8. The van der Waals surface area contributed by atoms with Crippen LogP contribution in [0.15, 0.2) is 42.7 Å². The van der Waals surface area contributed by atoms with Gasteiger partial charge in [-0.05, 0) is 12.0 Å². The first-order valence-electron chi connectivity index (χ1n) is 5.53. The second kappa shape index (κ2) is 5.34. The van der Waals surface area contributed by atoms with Gasteiger partial charge in [0.2, 0.25) is 5.82 Å². The standard InChI is InChI=1S/C12H13BN2O2/c13-9-15-7-6-14-11(15)12(16)17-8-10-4-2-1-3-5-10/h1-7H,8-9,13H2. The summed E-state index contributed by atoms with van der Waals surface area (Å²) in [6.07, 6.45) is 4.07. The number of esters is 1. The van der Waals surface area contributed by atoms with Crippen LogP contribution in [-0.2, 0) is 17.8 Å². The topological polar surface area (TPSA) is 44.1 Å². The molecule has 2 rings (SSSR count). The van der Waals surface area contributed by atoms with Crippen LogP contribution in [0.3, 0.4) is 0 Å². The molecule has 0 aliphatic rings. The van der Waals surface area contributed by atoms with Crippen molar-refractivity contribution in [2.24, 2.45) is 0 Å². The molecule has 2 aromatic rings. The van der Waals surface area contributed by atoms with E-state index in [2.05, 4.69) is 4.98 Å². The summed E-state index contributed by atoms with van der Waals surface area (Å²) in [6.45, 7) is 0.274. The maximum atomic E-state index is 11.8. The molecular formula is C12H13BN2O2. The predicted octanol–water partition coefficient (Wildman–Crippen LogP) is 0.831. The summed E-state index contributed by atoms with van der Waals surface area (Å²) in [4.78, 5) is 15.7. The highest BCUT2D eigenvalue weighted by Crippen LogP contribution is 2.04. The van der Waals surface area contributed by atoms with Gasteiger partial charge in [-0.2, -0.15) is 0 Å². The number of imidazole rings is 1. The van der Waals surface area contributed by atoms with Gasteiger partial charge in [-0.3, -0.25) is 0 Å². The third-order valence-electron chi connectivity index (χ3n) is 2.45. The molecule has 1 heterocycles. The number of carbonyl (C=O) groups excluding carboxylic acids is 1. The Morgan fingerprint density at radius 1 is 1.35 bits per heavy atom. The summed E-state index contributed by atoms with van der Waals surface area (Å²) >= 11 is 0. The fraction of sp³-hybridized carbons (Fsp3) is 0.167. The summed E-state index contributed by atoms with van der Waals surface area (Å²) in [7, 11) is 1.95. The Morgan fingerprint density at radius 2 is 2.12 bits per heavy atom. The molecule has 0 saturated carbocycles. The van der Waals surface area contributed by atoms with Crippen molar-refractivity contribution < 1.29 is 9.53 Å². The molecule has 0 unspecified atom stereocenters. The van der Waals surface area contributed by atoms with Crippen LogP contribution in [0.25, 0.3) is 0 Å². The van der Waals surface area contributed by atoms with Gasteiger partial charge in [0, 0.05) is 12.4 Å². The highest BCUT2D eigenvalue weighted by molar-refractivity contribution is 6.06. The molecule has 1 aromatic carbocycles. The number of hydrogen-bond donors (Lipinski definition) is 0. The first-order chi connectivity index (χ1) is 8.31. The number of ether oxygens (including phenoxy) is 1. The van der Waals surface area contributed by atoms with Crippen LogP contribution in [0.4, 0.5) is 0 Å². The number of rotatable bonds is 4. The molecule has 0 aliphatic carbocycles. The van der Waals surface area contributed by atoms with Crippen LogP contribution < -0.4 is 0 Å². The number of aromatic nitrogens is 2. The minimum atomic E-state index is -0.388. The maximum Gasteiger partial charge on any atom is 0.374 e. The zero-order valence-electron chi connectivity index (χ0n) is 9.67. The number of hydrogen-bond acceptors (Lipinski definition) is 3. The number of nitrogens with zero attached hydrogens (tertiary/aromatic N) is 2. The van der Waals surface area contributed by atoms with Gasteiger partial charge in [0.05, 0.1) is 0 Å². The van der Waals surface area contributed by atoms with Crippen molar-refractivity contribution in [3.63, 3.8) is 0 Å². The second-order valence-corrected chi connectivity index (χ2v) is 3.60. The van der Waals surface area contributed by atoms with E-state index in [0.29, 0.717) is 12.3 Å². The van der Waals surface area contributed by atoms with Crippen molar-refractivity contribution >= 4 is 13.8 Å². The Hall–Kier alpha value is -2.04. The molecule has 1 aromatic heterocycles. The SMILES string of the molecule is BCn1ccnc1C(=O)OCc1ccccc1. The van der Waals surface area contributed by atoms with Gasteiger partial charge < -0.3 is 9.30 Å². The van der Waals surface area contributed by atoms with E-state index < -0.39 is 0 Å². The molecule has 0 amide bonds. The Balaban J connectivity index is 1.98. The van der Waals surface area contributed by atoms with E-state index >= 15 is 0 Å². The van der Waals surface area contributed by atoms with Crippen molar-refractivity contribution in [1.29, 1.82) is 0 Å². The van der Waals surface area contributed by atoms with Crippen LogP contribution in [0.2, 0.25) is 0 Å². The van der Waals surface area contributed by atoms with Crippen molar-refractivity contribution in [1.82, 2.24) is 9.55 Å². The van der Waals surface area contributed by atoms with Gasteiger partial charge >= 0.3 is 5.97 Å². The zero-order chi connectivity index (χ0) is 12.1. The molecule has 17 heavy (non-hydrogen) atoms. The van der Waals surface area contributed by atoms with Gasteiger partial charge in [0.1, 0.15) is 14.5 Å². The number of benzene rings is 1. The van der Waals surface area contributed by atoms with E-state index in [1.54, 1.807) is 17.0 Å². The largest absolute Gasteiger partial charge is 0.455 e. The molecule has 0 spiro atoms. The third kappa shape index (κ3) is 2.75. The summed E-state index contributed by atoms with van der Waals surface area (Å²) in [6, 6.07) is 9.58. The Bertz CT molecular complexity index is 496. The fourth-order valence-electron chi connectivity index (χ4n) is 1.54. The lowest BCUT2D eigenvalue weighted by atomic mass is 10.1. The number of carbonyl (C=O) groups is 1. The Morgan fingerprint density at radius 3 is 2.82 bits per heavy atom. The summed E-state index contributed by atoms with van der Waals surface area (Å²) in [5.74, 6) is -0.0378. The molecular weight excluding hydrogens is 215 g/mol. The predicted molar refractivity (Wildman–Crippen MR) is 66.3 cm³/mol. The Kier molecular flexibility index (Phi) is 3.60. The van der Waals surface area contributed by atoms with Gasteiger partial charge in [-0.25, -0.2) is 9.78 Å². The van der Waals surface area contributed by atoms with Crippen molar-refractivity contribution in [3.8, 4) is 0 Å². The van der Waals surface area contributed by atoms with E-state index in [9.17, 15) is 4.79 Å². The van der Waals surface area contributed by atoms with Crippen LogP contribution in [-0.4, -0.2) is 23.4 Å². The minimum Gasteiger partial charge on any atom is -0.455 e. The van der Waals surface area contributed by atoms with Gasteiger partial charge in [-0.1, -0.05) is 30.3 Å². The quantitative estimate of drug-likeness (QED) is 0.575. The fourth-order valence-corrected chi connectivity index (χ4v) is 1.54. The molecule has 0 N–H and O–H groups in total. The lowest BCUT2D eigenvalue weighted by molar-refractivity contribution is 0.0453. The van der Waals surface area contributed by atoms with Gasteiger partial charge in [0.25, 0.3) is 0 Å². The van der Waals surface area contributed by atoms with Gasteiger partial charge in [0.15, 0.2) is 0 Å². The highest BCUT2D eigenvalue weighted by Gasteiger charge is 2.13. The van der Waals surface area contributed by atoms with Crippen LogP contribution in [0.5, 0.6) is 0 Å². The minimum absolute atomic E-state index is 0.274. The molecule has 5 heteroatoms. The molecule has 4 nitrogen and oxygen atoms in total. The molecule has 0 radical (unpaired) electrons. The van der Waals surface area contributed by atoms with Crippen molar-refractivity contribution in [2.45, 2.75) is 13.1 Å². The highest BCUT2D eigenvalue weighted by atomic mass is 16.5. The first kappa shape index (κ1) is 11.5. The van der Waals surface area contributed by atoms with E-state index in [4.69, 9.17) is 4.74 Å². The summed E-state index contributed by atoms with van der Waals surface area (Å²) in [5.41, 5.74) is 0.968. The van der Waals surface area contributed by atoms with Crippen LogP contribution in [0.1, 0.15) is 16.2 Å². The van der Waals surface area contributed by atoms with E-state index in [1.807, 2.05) is 38.2 Å². The molecule has 0 saturated heterocycles. The second-order valence-electron chi connectivity index (χ2n) is 3.60. The lowest BCUT2D eigenvalue weighted by Crippen LogP contribution is -2.13. The third-order valence-corrected chi connectivity index (χ3v) is 2.45. The molecule has 86 valence electrons. The van der Waals surface area contributed by atoms with Crippen molar-refractivity contribution in [3.05, 3.63) is 54.1 Å². The molecule has 0 bridgehead atoms. The Labute approximate surface area is 101 Å². The average molecular weight is 228 g/mol. The van der Waals surface area contributed by atoms with E-state index in [1.165, 1.54) is 0 Å². The first-order valence-corrected chi connectivity index (χ1v) is 5.53. The van der Waals surface area contributed by atoms with Gasteiger partial charge in [-0.15, -0.1) is 0 Å². The summed E-state index contributed by atoms with van der Waals surface area (Å²) in [5, 5.41) is 0. The van der Waals surface area contributed by atoms with Crippen LogP contribution >= 0.6 is 0 Å². The molecule has 0 fully saturated rings. The lowest BCUT2D eigenvalue weighted by Gasteiger charge is -2.05. The molecule has 0 atom stereocenters. The summed E-state index contributed by atoms with van der Waals surface area (Å²) < 4.78 is 6.95. The van der Waals surface area contributed by atoms with E-state index in [-0.39, 0.29) is 12.6 Å². The molecule has 0 aliphatic heterocycles. The van der Waals surface area contributed by atoms with E-state index in [0.717, 1.165) is 5.56 Å².